The third-order valence-corrected chi connectivity index (χ3v) is 3.11. The first-order valence-electron chi connectivity index (χ1n) is 3.51. The fraction of sp³-hybridized carbons (Fsp3) is 0.429. The molecule has 62 valence electrons. The smallest absolute Gasteiger partial charge is 0.250 e. The van der Waals surface area contributed by atoms with Gasteiger partial charge < -0.3 is 9.42 Å². The van der Waals surface area contributed by atoms with E-state index in [-0.39, 0.29) is 0 Å². The quantitative estimate of drug-likeness (QED) is 0.599. The highest BCUT2D eigenvalue weighted by molar-refractivity contribution is 7.65. The lowest BCUT2D eigenvalue weighted by Gasteiger charge is -2.17. The summed E-state index contributed by atoms with van der Waals surface area (Å²) in [5, 5.41) is 0. The minimum absolute atomic E-state index is 0.482. The summed E-state index contributed by atoms with van der Waals surface area (Å²) in [6, 6.07) is 0. The van der Waals surface area contributed by atoms with E-state index in [1.54, 1.807) is 24.0 Å². The van der Waals surface area contributed by atoms with E-state index < -0.39 is 7.37 Å². The molecular weight excluding hydrogens is 161 g/mol. The number of hydrogen-bond acceptors (Lipinski definition) is 3. The van der Waals surface area contributed by atoms with Crippen molar-refractivity contribution in [2.24, 2.45) is 0 Å². The van der Waals surface area contributed by atoms with E-state index in [2.05, 4.69) is 0 Å². The van der Waals surface area contributed by atoms with Crippen molar-refractivity contribution in [3.05, 3.63) is 24.0 Å². The topological polar surface area (TPSA) is 29.5 Å². The fourth-order valence-corrected chi connectivity index (χ4v) is 2.25. The van der Waals surface area contributed by atoms with E-state index in [0.717, 1.165) is 0 Å². The van der Waals surface area contributed by atoms with Gasteiger partial charge in [-0.2, -0.15) is 0 Å². The largest absolute Gasteiger partial charge is 0.357 e. The Morgan fingerprint density at radius 1 is 1.45 bits per heavy atom. The number of nitrogens with zero attached hydrogens (tertiary/aromatic N) is 1. The van der Waals surface area contributed by atoms with Gasteiger partial charge in [-0.1, -0.05) is 0 Å². The Morgan fingerprint density at radius 2 is 2.00 bits per heavy atom. The van der Waals surface area contributed by atoms with Crippen LogP contribution in [0, 0.1) is 0 Å². The van der Waals surface area contributed by atoms with Crippen LogP contribution in [-0.2, 0) is 9.09 Å². The predicted octanol–water partition coefficient (Wildman–Crippen LogP) is 2.19. The molecule has 0 aliphatic carbocycles. The molecule has 0 radical (unpaired) electrons. The summed E-state index contributed by atoms with van der Waals surface area (Å²) in [4.78, 5) is 1.83. The van der Waals surface area contributed by atoms with E-state index in [1.807, 2.05) is 18.9 Å². The molecule has 11 heavy (non-hydrogen) atoms. The van der Waals surface area contributed by atoms with Crippen molar-refractivity contribution in [2.45, 2.75) is 6.92 Å². The zero-order valence-corrected chi connectivity index (χ0v) is 7.62. The molecule has 0 unspecified atom stereocenters. The van der Waals surface area contributed by atoms with E-state index >= 15 is 0 Å². The van der Waals surface area contributed by atoms with Gasteiger partial charge in [-0.25, -0.2) is 0 Å². The van der Waals surface area contributed by atoms with Crippen LogP contribution in [0.5, 0.6) is 0 Å². The molecule has 0 aromatic carbocycles. The van der Waals surface area contributed by atoms with Crippen LogP contribution in [0.25, 0.3) is 0 Å². The Labute approximate surface area is 66.8 Å². The van der Waals surface area contributed by atoms with Gasteiger partial charge in [-0.05, 0) is 6.92 Å². The fourth-order valence-electron chi connectivity index (χ4n) is 0.783. The molecule has 0 fully saturated rings. The van der Waals surface area contributed by atoms with E-state index in [1.165, 1.54) is 0 Å². The van der Waals surface area contributed by atoms with Gasteiger partial charge in [-0.15, -0.1) is 0 Å². The lowest BCUT2D eigenvalue weighted by Crippen LogP contribution is -2.03. The second-order valence-corrected chi connectivity index (χ2v) is 4.47. The molecule has 0 saturated carbocycles. The predicted molar refractivity (Wildman–Crippen MR) is 45.3 cm³/mol. The van der Waals surface area contributed by atoms with Crippen molar-refractivity contribution in [3.63, 3.8) is 0 Å². The molecule has 0 saturated heterocycles. The molecule has 4 heteroatoms. The van der Waals surface area contributed by atoms with Crippen LogP contribution in [0.2, 0.25) is 0 Å². The molecule has 1 aliphatic heterocycles. The molecule has 0 atom stereocenters. The lowest BCUT2D eigenvalue weighted by molar-refractivity contribution is 0.345. The first-order chi connectivity index (χ1) is 5.16. The van der Waals surface area contributed by atoms with Crippen molar-refractivity contribution < 1.29 is 9.09 Å². The second kappa shape index (κ2) is 3.24. The van der Waals surface area contributed by atoms with Gasteiger partial charge in [0.05, 0.1) is 6.61 Å². The van der Waals surface area contributed by atoms with Crippen LogP contribution in [0.1, 0.15) is 6.92 Å². The highest BCUT2D eigenvalue weighted by atomic mass is 31.2. The molecule has 0 spiro atoms. The summed E-state index contributed by atoms with van der Waals surface area (Å²) in [6.07, 6.45) is 3.49. The summed E-state index contributed by atoms with van der Waals surface area (Å²) in [6.45, 7) is 2.31. The molecule has 0 amide bonds. The van der Waals surface area contributed by atoms with Gasteiger partial charge in [0.2, 0.25) is 7.37 Å². The van der Waals surface area contributed by atoms with Crippen molar-refractivity contribution in [1.82, 2.24) is 4.90 Å². The van der Waals surface area contributed by atoms with Gasteiger partial charge >= 0.3 is 0 Å². The maximum Gasteiger partial charge on any atom is 0.250 e. The van der Waals surface area contributed by atoms with Crippen molar-refractivity contribution in [2.75, 3.05) is 13.7 Å². The summed E-state index contributed by atoms with van der Waals surface area (Å²) in [7, 11) is -0.676. The average Bonchev–Trinajstić information content (AvgIpc) is 1.97. The summed E-state index contributed by atoms with van der Waals surface area (Å²) < 4.78 is 16.6. The Kier molecular flexibility index (Phi) is 2.53. The highest BCUT2D eigenvalue weighted by Gasteiger charge is 2.16. The summed E-state index contributed by atoms with van der Waals surface area (Å²) in [5.74, 6) is 3.22. The van der Waals surface area contributed by atoms with Crippen LogP contribution in [0.3, 0.4) is 0 Å². The van der Waals surface area contributed by atoms with E-state index in [9.17, 15) is 4.57 Å². The van der Waals surface area contributed by atoms with E-state index in [0.29, 0.717) is 6.61 Å². The SMILES string of the molecule is CCOP1(=O)C=CN(C)C=C1. The van der Waals surface area contributed by atoms with E-state index in [4.69, 9.17) is 4.52 Å². The van der Waals surface area contributed by atoms with Crippen molar-refractivity contribution in [1.29, 1.82) is 0 Å². The zero-order valence-electron chi connectivity index (χ0n) is 6.73. The molecule has 0 N–H and O–H groups in total. The zero-order chi connectivity index (χ0) is 8.32. The molecule has 1 rings (SSSR count). The van der Waals surface area contributed by atoms with Gasteiger partial charge in [-0.3, -0.25) is 4.57 Å². The standard InChI is InChI=1S/C7H12NO2P/c1-3-10-11(9)6-4-8(2)5-7-11/h4-7H,3H2,1-2H3. The third kappa shape index (κ3) is 2.21. The molecular formula is C7H12NO2P. The van der Waals surface area contributed by atoms with Crippen LogP contribution in [0.4, 0.5) is 0 Å². The molecule has 1 heterocycles. The second-order valence-electron chi connectivity index (χ2n) is 2.32. The summed E-state index contributed by atoms with van der Waals surface area (Å²) in [5.41, 5.74) is 0. The Bertz CT molecular complexity index is 217. The van der Waals surface area contributed by atoms with Gasteiger partial charge in [0.1, 0.15) is 0 Å². The van der Waals surface area contributed by atoms with Crippen LogP contribution in [0.15, 0.2) is 24.0 Å². The van der Waals surface area contributed by atoms with Crippen molar-refractivity contribution in [3.8, 4) is 0 Å². The maximum atomic E-state index is 11.6. The first kappa shape index (κ1) is 8.57. The summed E-state index contributed by atoms with van der Waals surface area (Å²) >= 11 is 0. The third-order valence-electron chi connectivity index (χ3n) is 1.35. The molecule has 0 aromatic rings. The molecule has 0 bridgehead atoms. The Morgan fingerprint density at radius 3 is 2.45 bits per heavy atom. The van der Waals surface area contributed by atoms with Crippen LogP contribution >= 0.6 is 7.37 Å². The normalized spacial score (nSPS) is 20.7. The van der Waals surface area contributed by atoms with Crippen LogP contribution < -0.4 is 0 Å². The van der Waals surface area contributed by atoms with Gasteiger partial charge in [0.15, 0.2) is 0 Å². The minimum atomic E-state index is -2.55. The number of rotatable bonds is 2. The van der Waals surface area contributed by atoms with Crippen LogP contribution in [-0.4, -0.2) is 18.6 Å². The highest BCUT2D eigenvalue weighted by Crippen LogP contribution is 2.51. The molecule has 1 aliphatic rings. The monoisotopic (exact) mass is 173 g/mol. The first-order valence-corrected chi connectivity index (χ1v) is 5.27. The van der Waals surface area contributed by atoms with Gasteiger partial charge in [0, 0.05) is 31.1 Å². The lowest BCUT2D eigenvalue weighted by atomic mass is 10.8. The average molecular weight is 173 g/mol. The van der Waals surface area contributed by atoms with Gasteiger partial charge in [0.25, 0.3) is 0 Å². The maximum absolute atomic E-state index is 11.6. The molecule has 0 aromatic heterocycles. The van der Waals surface area contributed by atoms with Crippen molar-refractivity contribution >= 4 is 7.37 Å². The Balaban J connectivity index is 2.69. The minimum Gasteiger partial charge on any atom is -0.357 e. The molecule has 3 nitrogen and oxygen atoms in total. The number of hydrogen-bond donors (Lipinski definition) is 0. The Hall–Kier alpha value is -0.530.